The van der Waals surface area contributed by atoms with Crippen molar-refractivity contribution in [3.63, 3.8) is 0 Å². The smallest absolute Gasteiger partial charge is 0.317 e. The van der Waals surface area contributed by atoms with E-state index >= 15 is 0 Å². The number of amides is 1. The molecule has 1 amide bonds. The van der Waals surface area contributed by atoms with Crippen molar-refractivity contribution in [2.75, 3.05) is 69.0 Å². The second kappa shape index (κ2) is 12.0. The van der Waals surface area contributed by atoms with Crippen molar-refractivity contribution in [1.29, 1.82) is 5.26 Å². The quantitative estimate of drug-likeness (QED) is 0.356. The highest BCUT2D eigenvalue weighted by Gasteiger charge is 2.55. The van der Waals surface area contributed by atoms with Gasteiger partial charge in [0.1, 0.15) is 35.5 Å². The lowest BCUT2D eigenvalue weighted by molar-refractivity contribution is 0.0821. The fourth-order valence-electron chi connectivity index (χ4n) is 9.03. The van der Waals surface area contributed by atoms with Gasteiger partial charge < -0.3 is 25.2 Å². The van der Waals surface area contributed by atoms with Crippen molar-refractivity contribution in [2.24, 2.45) is 0 Å². The van der Waals surface area contributed by atoms with Crippen molar-refractivity contribution in [3.8, 4) is 12.1 Å². The minimum Gasteiger partial charge on any atom is -0.461 e. The van der Waals surface area contributed by atoms with Crippen molar-refractivity contribution < 1.29 is 13.9 Å². The number of halogens is 2. The summed E-state index contributed by atoms with van der Waals surface area (Å²) in [5.74, 6) is 0.879. The van der Waals surface area contributed by atoms with Gasteiger partial charge in [0.2, 0.25) is 0 Å². The predicted molar refractivity (Wildman–Crippen MR) is 188 cm³/mol. The van der Waals surface area contributed by atoms with E-state index in [9.17, 15) is 14.4 Å². The summed E-state index contributed by atoms with van der Waals surface area (Å²) < 4.78 is 22.8. The van der Waals surface area contributed by atoms with Crippen molar-refractivity contribution in [1.82, 2.24) is 29.5 Å². The molecule has 13 nitrogen and oxygen atoms in total. The monoisotopic (exact) mass is 719 g/mol. The number of fused-ring (bicyclic) bond motifs is 4. The fraction of sp³-hybridized carbons (Fsp3) is 0.588. The van der Waals surface area contributed by atoms with Crippen LogP contribution >= 0.6 is 22.9 Å². The number of nitrogens with two attached hydrogens (primary N) is 1. The lowest BCUT2D eigenvalue weighted by atomic mass is 9.73. The van der Waals surface area contributed by atoms with Crippen LogP contribution in [0.2, 0.25) is 5.02 Å². The van der Waals surface area contributed by atoms with Crippen LogP contribution in [-0.2, 0) is 18.5 Å². The molecule has 3 aromatic rings. The highest BCUT2D eigenvalue weighted by atomic mass is 35.5. The zero-order valence-electron chi connectivity index (χ0n) is 28.4. The maximum atomic E-state index is 14.6. The number of nitrogens with zero attached hydrogens (tertiary/aromatic N) is 10. The number of aryl methyl sites for hydroxylation is 1. The Morgan fingerprint density at radius 3 is 2.70 bits per heavy atom. The number of anilines is 3. The zero-order valence-corrected chi connectivity index (χ0v) is 29.9. The topological polar surface area (TPSA) is 137 Å². The average Bonchev–Trinajstić information content (AvgIpc) is 3.81. The Morgan fingerprint density at radius 2 is 1.98 bits per heavy atom. The number of hydrogen-bond donors (Lipinski definition) is 1. The average molecular weight is 720 g/mol. The van der Waals surface area contributed by atoms with Gasteiger partial charge in [-0.05, 0) is 43.7 Å². The Morgan fingerprint density at radius 1 is 1.22 bits per heavy atom. The molecule has 4 aliphatic heterocycles. The van der Waals surface area contributed by atoms with E-state index in [1.807, 2.05) is 4.90 Å². The molecule has 1 unspecified atom stereocenters. The standard InChI is InChI=1S/C34H39ClFN11O2S/c1-19-11-33(23-21(13-37)28(38)50-27(19)23)16-45(17-33)30-26(39-2)29(40-32(41-30)49-18-34-7-5-9-46(34)14-20(36)12-34)44-8-6-10-47-22(15-44)24(35)25(42-47)31(48)43(3)4/h19-20H,5-12,14-18,38H2,1,3-4H3/t19?,20-,34+/m1/s1. The second-order valence-corrected chi connectivity index (χ2v) is 16.2. The summed E-state index contributed by atoms with van der Waals surface area (Å²) in [5.41, 5.74) is 8.40. The Bertz CT molecular complexity index is 1980. The molecule has 262 valence electrons. The molecule has 0 bridgehead atoms. The highest BCUT2D eigenvalue weighted by Crippen LogP contribution is 2.58. The van der Waals surface area contributed by atoms with Crippen LogP contribution in [0.4, 0.5) is 26.7 Å². The molecule has 0 radical (unpaired) electrons. The van der Waals surface area contributed by atoms with Crippen molar-refractivity contribution in [3.05, 3.63) is 43.8 Å². The van der Waals surface area contributed by atoms with E-state index < -0.39 is 11.7 Å². The zero-order chi connectivity index (χ0) is 35.1. The Hall–Kier alpha value is -4.18. The summed E-state index contributed by atoms with van der Waals surface area (Å²) in [6, 6.07) is 2.49. The third kappa shape index (κ3) is 5.00. The van der Waals surface area contributed by atoms with Crippen LogP contribution in [0.5, 0.6) is 6.01 Å². The van der Waals surface area contributed by atoms with Gasteiger partial charge in [-0.1, -0.05) is 18.5 Å². The van der Waals surface area contributed by atoms with Crippen LogP contribution in [0.1, 0.15) is 77.1 Å². The number of thiophene rings is 1. The molecule has 8 rings (SSSR count). The van der Waals surface area contributed by atoms with Gasteiger partial charge in [-0.15, -0.1) is 11.3 Å². The van der Waals surface area contributed by atoms with Gasteiger partial charge in [0.15, 0.2) is 5.69 Å². The summed E-state index contributed by atoms with van der Waals surface area (Å²) in [5, 5.41) is 15.4. The van der Waals surface area contributed by atoms with Crippen LogP contribution in [0.15, 0.2) is 0 Å². The Kier molecular flexibility index (Phi) is 7.89. The van der Waals surface area contributed by atoms with Crippen molar-refractivity contribution >= 4 is 51.2 Å². The first-order valence-corrected chi connectivity index (χ1v) is 18.3. The SMILES string of the molecule is [C-]#[N+]c1c(N2CCCn3nc(C(=O)N(C)C)c(Cl)c3C2)nc(OC[C@@]23CCCN2C[C@H](F)C3)nc1N1CC2(CC(C)c3sc(N)c(C#N)c32)C1. The lowest BCUT2D eigenvalue weighted by Crippen LogP contribution is -2.59. The van der Waals surface area contributed by atoms with Gasteiger partial charge in [0.25, 0.3) is 11.6 Å². The second-order valence-electron chi connectivity index (χ2n) is 14.7. The number of nitriles is 1. The molecule has 16 heteroatoms. The number of ether oxygens (including phenoxy) is 1. The molecule has 1 aliphatic carbocycles. The first kappa shape index (κ1) is 33.0. The molecule has 3 aromatic heterocycles. The molecular formula is C34H39ClFN11O2S. The molecule has 1 spiro atoms. The van der Waals surface area contributed by atoms with Gasteiger partial charge >= 0.3 is 6.01 Å². The third-order valence-corrected chi connectivity index (χ3v) is 12.9. The molecule has 50 heavy (non-hydrogen) atoms. The summed E-state index contributed by atoms with van der Waals surface area (Å²) in [6.07, 6.45) is 2.91. The van der Waals surface area contributed by atoms with Crippen LogP contribution in [-0.4, -0.2) is 101 Å². The number of alkyl halides is 1. The maximum Gasteiger partial charge on any atom is 0.317 e. The van der Waals surface area contributed by atoms with Crippen LogP contribution < -0.4 is 20.3 Å². The van der Waals surface area contributed by atoms with Gasteiger partial charge in [0, 0.05) is 63.5 Å². The number of hydrogen-bond acceptors (Lipinski definition) is 11. The van der Waals surface area contributed by atoms with E-state index in [1.165, 1.54) is 21.1 Å². The summed E-state index contributed by atoms with van der Waals surface area (Å²) in [7, 11) is 3.32. The van der Waals surface area contributed by atoms with E-state index in [0.717, 1.165) is 31.4 Å². The number of carbonyl (C=O) groups excluding carboxylic acids is 1. The van der Waals surface area contributed by atoms with Gasteiger partial charge in [0.05, 0.1) is 34.9 Å². The van der Waals surface area contributed by atoms with E-state index in [1.54, 1.807) is 18.8 Å². The molecular weight excluding hydrogens is 681 g/mol. The number of carbonyl (C=O) groups is 1. The summed E-state index contributed by atoms with van der Waals surface area (Å²) >= 11 is 8.32. The van der Waals surface area contributed by atoms with Crippen LogP contribution in [0, 0.1) is 17.9 Å². The van der Waals surface area contributed by atoms with Gasteiger partial charge in [-0.25, -0.2) is 9.24 Å². The molecule has 7 heterocycles. The highest BCUT2D eigenvalue weighted by molar-refractivity contribution is 7.16. The molecule has 5 aliphatic rings. The van der Waals surface area contributed by atoms with Crippen LogP contribution in [0.3, 0.4) is 0 Å². The molecule has 0 aromatic carbocycles. The van der Waals surface area contributed by atoms with Crippen LogP contribution in [0.25, 0.3) is 4.85 Å². The Balaban J connectivity index is 1.17. The summed E-state index contributed by atoms with van der Waals surface area (Å²) in [6.45, 7) is 14.6. The number of rotatable bonds is 6. The third-order valence-electron chi connectivity index (χ3n) is 11.2. The summed E-state index contributed by atoms with van der Waals surface area (Å²) in [4.78, 5) is 35.5. The maximum absolute atomic E-state index is 14.6. The lowest BCUT2D eigenvalue weighted by Gasteiger charge is -2.50. The largest absolute Gasteiger partial charge is 0.461 e. The molecule has 2 N–H and O–H groups in total. The van der Waals surface area contributed by atoms with Gasteiger partial charge in [-0.3, -0.25) is 14.4 Å². The van der Waals surface area contributed by atoms with Gasteiger partial charge in [-0.2, -0.15) is 20.3 Å². The van der Waals surface area contributed by atoms with E-state index in [-0.39, 0.29) is 47.1 Å². The van der Waals surface area contributed by atoms with Crippen molar-refractivity contribution in [2.45, 2.75) is 75.2 Å². The fourth-order valence-corrected chi connectivity index (χ4v) is 10.5. The molecule has 0 saturated carbocycles. The minimum absolute atomic E-state index is 0.136. The number of aromatic nitrogens is 4. The first-order chi connectivity index (χ1) is 24.0. The Labute approximate surface area is 299 Å². The molecule has 3 atom stereocenters. The normalized spacial score (nSPS) is 25.0. The molecule has 3 saturated heterocycles. The van der Waals surface area contributed by atoms with E-state index in [0.29, 0.717) is 79.1 Å². The molecule has 3 fully saturated rings. The first-order valence-electron chi connectivity index (χ1n) is 17.1. The predicted octanol–water partition coefficient (Wildman–Crippen LogP) is 4.73. The number of nitrogen functional groups attached to an aromatic ring is 1. The van der Waals surface area contributed by atoms with E-state index in [2.05, 4.69) is 32.7 Å². The van der Waals surface area contributed by atoms with E-state index in [4.69, 9.17) is 38.6 Å². The minimum atomic E-state index is -0.896.